The third kappa shape index (κ3) is 4.99. The van der Waals surface area contributed by atoms with E-state index in [9.17, 15) is 13.6 Å². The molecule has 1 aromatic carbocycles. The van der Waals surface area contributed by atoms with E-state index in [1.165, 1.54) is 0 Å². The molecule has 16 heavy (non-hydrogen) atoms. The maximum atomic E-state index is 11.3. The van der Waals surface area contributed by atoms with Crippen molar-refractivity contribution < 1.29 is 22.5 Å². The largest absolute Gasteiger partial charge is 0.750 e. The van der Waals surface area contributed by atoms with Crippen LogP contribution in [-0.4, -0.2) is 28.2 Å². The average molecular weight is 244 g/mol. The molecule has 88 valence electrons. The third-order valence-electron chi connectivity index (χ3n) is 1.57. The van der Waals surface area contributed by atoms with E-state index in [-0.39, 0.29) is 13.5 Å². The highest BCUT2D eigenvalue weighted by Crippen LogP contribution is 1.99. The van der Waals surface area contributed by atoms with Crippen molar-refractivity contribution in [3.8, 4) is 0 Å². The summed E-state index contributed by atoms with van der Waals surface area (Å²) in [5.74, 6) is -0.489. The molecule has 0 saturated carbocycles. The summed E-state index contributed by atoms with van der Waals surface area (Å²) in [5, 5.41) is 2.46. The van der Waals surface area contributed by atoms with Crippen molar-refractivity contribution in [3.63, 3.8) is 0 Å². The van der Waals surface area contributed by atoms with Crippen LogP contribution in [0.2, 0.25) is 0 Å². The Hall–Kier alpha value is -1.28. The zero-order valence-corrected chi connectivity index (χ0v) is 9.07. The summed E-state index contributed by atoms with van der Waals surface area (Å²) in [5.41, 5.74) is 0.428. The summed E-state index contributed by atoms with van der Waals surface area (Å²) in [4.78, 5) is 11.3. The fraction of sp³-hybridized carbons (Fsp3) is 0.222. The number of esters is 1. The van der Waals surface area contributed by atoms with Gasteiger partial charge in [0, 0.05) is 0 Å². The molecule has 0 fully saturated rings. The molecule has 6 nitrogen and oxygen atoms in total. The first-order valence-electron chi connectivity index (χ1n) is 4.35. The monoisotopic (exact) mass is 244 g/mol. The van der Waals surface area contributed by atoms with Crippen LogP contribution in [0.1, 0.15) is 10.4 Å². The van der Waals surface area contributed by atoms with Gasteiger partial charge in [0.1, 0.15) is 13.5 Å². The van der Waals surface area contributed by atoms with Gasteiger partial charge in [0.2, 0.25) is 0 Å². The van der Waals surface area contributed by atoms with Gasteiger partial charge < -0.3 is 9.29 Å². The van der Waals surface area contributed by atoms with Crippen molar-refractivity contribution in [2.75, 3.05) is 13.5 Å². The topological polar surface area (TPSA) is 87.7 Å². The average Bonchev–Trinajstić information content (AvgIpc) is 2.29. The first-order chi connectivity index (χ1) is 7.70. The van der Waals surface area contributed by atoms with Gasteiger partial charge in [0.05, 0.1) is 16.9 Å². The molecule has 7 heteroatoms. The van der Waals surface area contributed by atoms with E-state index < -0.39 is 17.3 Å². The Balaban J connectivity index is 2.19. The van der Waals surface area contributed by atoms with Crippen LogP contribution in [0.5, 0.6) is 0 Å². The molecule has 0 radical (unpaired) electrons. The Morgan fingerprint density at radius 2 is 2.00 bits per heavy atom. The number of carbonyl (C=O) groups is 1. The first kappa shape index (κ1) is 12.8. The zero-order valence-electron chi connectivity index (χ0n) is 8.25. The van der Waals surface area contributed by atoms with Gasteiger partial charge in [0.25, 0.3) is 0 Å². The van der Waals surface area contributed by atoms with E-state index >= 15 is 0 Å². The zero-order chi connectivity index (χ0) is 11.8. The Bertz CT molecular complexity index is 356. The van der Waals surface area contributed by atoms with Gasteiger partial charge in [-0.25, -0.2) is 9.00 Å². The van der Waals surface area contributed by atoms with Crippen LogP contribution in [-0.2, 0) is 20.3 Å². The van der Waals surface area contributed by atoms with Crippen molar-refractivity contribution in [1.29, 1.82) is 0 Å². The number of nitrogens with one attached hydrogen (secondary N) is 1. The van der Waals surface area contributed by atoms with Gasteiger partial charge in [-0.05, 0) is 12.1 Å². The maximum Gasteiger partial charge on any atom is 0.339 e. The number of hydrogen-bond acceptors (Lipinski definition) is 6. The van der Waals surface area contributed by atoms with Crippen molar-refractivity contribution in [2.45, 2.75) is 0 Å². The lowest BCUT2D eigenvalue weighted by atomic mass is 10.2. The molecule has 0 aromatic heterocycles. The highest BCUT2D eigenvalue weighted by Gasteiger charge is 2.04. The van der Waals surface area contributed by atoms with Gasteiger partial charge in [-0.2, -0.15) is 0 Å². The number of ether oxygens (including phenoxy) is 1. The van der Waals surface area contributed by atoms with Crippen LogP contribution in [0.25, 0.3) is 0 Å². The van der Waals surface area contributed by atoms with Crippen molar-refractivity contribution in [3.05, 3.63) is 35.9 Å². The SMILES string of the molecule is O=C(OCNCOS(=O)[O-])c1ccccc1. The Kier molecular flexibility index (Phi) is 5.65. The molecule has 0 aliphatic heterocycles. The van der Waals surface area contributed by atoms with Crippen LogP contribution in [0, 0.1) is 0 Å². The summed E-state index contributed by atoms with van der Waals surface area (Å²) >= 11 is -2.57. The van der Waals surface area contributed by atoms with Crippen LogP contribution in [0.15, 0.2) is 30.3 Å². The van der Waals surface area contributed by atoms with Crippen LogP contribution in [0.3, 0.4) is 0 Å². The smallest absolute Gasteiger partial charge is 0.339 e. The quantitative estimate of drug-likeness (QED) is 0.332. The molecule has 1 aromatic rings. The van der Waals surface area contributed by atoms with Crippen molar-refractivity contribution in [2.24, 2.45) is 0 Å². The van der Waals surface area contributed by atoms with Crippen LogP contribution in [0.4, 0.5) is 0 Å². The van der Waals surface area contributed by atoms with Gasteiger partial charge in [-0.15, -0.1) is 0 Å². The summed E-state index contributed by atoms with van der Waals surface area (Å²) in [6.07, 6.45) is 0. The van der Waals surface area contributed by atoms with Gasteiger partial charge in [-0.1, -0.05) is 18.2 Å². The van der Waals surface area contributed by atoms with E-state index in [4.69, 9.17) is 4.74 Å². The van der Waals surface area contributed by atoms with Crippen LogP contribution >= 0.6 is 0 Å². The standard InChI is InChI=1S/C9H11NO5S/c11-9(8-4-2-1-3-5-8)14-6-10-7-15-16(12)13/h1-5,10H,6-7H2,(H,12,13)/p-1. The number of rotatable bonds is 6. The molecule has 0 amide bonds. The van der Waals surface area contributed by atoms with Gasteiger partial charge in [0.15, 0.2) is 0 Å². The van der Waals surface area contributed by atoms with Crippen molar-refractivity contribution in [1.82, 2.24) is 5.32 Å². The van der Waals surface area contributed by atoms with Gasteiger partial charge >= 0.3 is 5.97 Å². The molecule has 1 atom stereocenters. The second-order valence-electron chi connectivity index (χ2n) is 2.66. The molecule has 0 bridgehead atoms. The van der Waals surface area contributed by atoms with E-state index in [0.29, 0.717) is 5.56 Å². The molecule has 0 saturated heterocycles. The van der Waals surface area contributed by atoms with Crippen molar-refractivity contribution >= 4 is 17.3 Å². The summed E-state index contributed by atoms with van der Waals surface area (Å²) in [6.45, 7) is -0.358. The van der Waals surface area contributed by atoms with E-state index in [1.807, 2.05) is 0 Å². The second kappa shape index (κ2) is 7.07. The molecule has 1 rings (SSSR count). The molecule has 1 unspecified atom stereocenters. The van der Waals surface area contributed by atoms with Crippen LogP contribution < -0.4 is 5.32 Å². The summed E-state index contributed by atoms with van der Waals surface area (Å²) in [7, 11) is 0. The number of carbonyl (C=O) groups excluding carboxylic acids is 1. The molecule has 0 heterocycles. The lowest BCUT2D eigenvalue weighted by Crippen LogP contribution is -2.24. The summed E-state index contributed by atoms with van der Waals surface area (Å²) < 4.78 is 28.8. The fourth-order valence-electron chi connectivity index (χ4n) is 0.906. The second-order valence-corrected chi connectivity index (χ2v) is 3.30. The first-order valence-corrected chi connectivity index (χ1v) is 5.35. The Morgan fingerprint density at radius 1 is 1.31 bits per heavy atom. The Labute approximate surface area is 95.1 Å². The minimum atomic E-state index is -2.57. The molecule has 0 spiro atoms. The minimum absolute atomic E-state index is 0.120. The normalized spacial score (nSPS) is 12.1. The molecule has 0 aliphatic rings. The van der Waals surface area contributed by atoms with E-state index in [1.54, 1.807) is 30.3 Å². The molecule has 1 N–H and O–H groups in total. The lowest BCUT2D eigenvalue weighted by Gasteiger charge is -2.08. The summed E-state index contributed by atoms with van der Waals surface area (Å²) in [6, 6.07) is 8.45. The number of benzene rings is 1. The molecular formula is C9H10NO5S-. The van der Waals surface area contributed by atoms with E-state index in [2.05, 4.69) is 9.50 Å². The predicted octanol–water partition coefficient (Wildman–Crippen LogP) is 0.159. The number of hydrogen-bond donors (Lipinski definition) is 1. The Morgan fingerprint density at radius 3 is 2.62 bits per heavy atom. The fourth-order valence-corrected chi connectivity index (χ4v) is 1.09. The predicted molar refractivity (Wildman–Crippen MR) is 54.7 cm³/mol. The highest BCUT2D eigenvalue weighted by atomic mass is 32.2. The third-order valence-corrected chi connectivity index (χ3v) is 1.88. The maximum absolute atomic E-state index is 11.3. The van der Waals surface area contributed by atoms with E-state index in [0.717, 1.165) is 0 Å². The minimum Gasteiger partial charge on any atom is -0.750 e. The highest BCUT2D eigenvalue weighted by molar-refractivity contribution is 7.74. The lowest BCUT2D eigenvalue weighted by molar-refractivity contribution is 0.0446. The molecular weight excluding hydrogens is 234 g/mol. The molecule has 0 aliphatic carbocycles. The van der Waals surface area contributed by atoms with Gasteiger partial charge in [-0.3, -0.25) is 9.50 Å².